The number of carboxylic acid groups (broad SMARTS) is 1. The van der Waals surface area contributed by atoms with Crippen molar-refractivity contribution in [3.8, 4) is 0 Å². The first-order valence-corrected chi connectivity index (χ1v) is 6.26. The molecule has 0 aliphatic rings. The molecule has 0 aliphatic carbocycles. The van der Waals surface area contributed by atoms with Crippen LogP contribution < -0.4 is 11.1 Å². The number of carboxylic acids is 1. The first-order chi connectivity index (χ1) is 8.90. The molecule has 1 aromatic carbocycles. The summed E-state index contributed by atoms with van der Waals surface area (Å²) in [7, 11) is 0. The van der Waals surface area contributed by atoms with E-state index in [9.17, 15) is 9.59 Å². The van der Waals surface area contributed by atoms with E-state index in [0.29, 0.717) is 24.2 Å². The highest BCUT2D eigenvalue weighted by molar-refractivity contribution is 5.99. The number of aliphatic carboxylic acids is 1. The van der Waals surface area contributed by atoms with Crippen molar-refractivity contribution in [3.63, 3.8) is 0 Å². The van der Waals surface area contributed by atoms with Gasteiger partial charge in [0.05, 0.1) is 5.56 Å². The van der Waals surface area contributed by atoms with Crippen LogP contribution in [0, 0.1) is 12.8 Å². The van der Waals surface area contributed by atoms with Gasteiger partial charge in [-0.05, 0) is 31.4 Å². The van der Waals surface area contributed by atoms with Gasteiger partial charge in [0.2, 0.25) is 0 Å². The average molecular weight is 264 g/mol. The van der Waals surface area contributed by atoms with Crippen molar-refractivity contribution < 1.29 is 14.7 Å². The van der Waals surface area contributed by atoms with E-state index >= 15 is 0 Å². The second kappa shape index (κ2) is 6.78. The maximum absolute atomic E-state index is 12.0. The highest BCUT2D eigenvalue weighted by Crippen LogP contribution is 2.13. The van der Waals surface area contributed by atoms with Crippen LogP contribution in [0.1, 0.15) is 35.7 Å². The van der Waals surface area contributed by atoms with Gasteiger partial charge < -0.3 is 16.2 Å². The molecule has 19 heavy (non-hydrogen) atoms. The first-order valence-electron chi connectivity index (χ1n) is 6.26. The van der Waals surface area contributed by atoms with Crippen molar-refractivity contribution in [2.45, 2.75) is 26.7 Å². The number of carbonyl (C=O) groups is 2. The summed E-state index contributed by atoms with van der Waals surface area (Å²) in [5.41, 5.74) is 7.64. The predicted octanol–water partition coefficient (Wildman–Crippen LogP) is 1.81. The zero-order chi connectivity index (χ0) is 14.4. The molecule has 1 rings (SSSR count). The van der Waals surface area contributed by atoms with Gasteiger partial charge >= 0.3 is 5.97 Å². The highest BCUT2D eigenvalue weighted by atomic mass is 16.4. The van der Waals surface area contributed by atoms with Gasteiger partial charge in [-0.2, -0.15) is 0 Å². The summed E-state index contributed by atoms with van der Waals surface area (Å²) in [6.45, 7) is 4.24. The smallest absolute Gasteiger partial charge is 0.303 e. The number of hydrogen-bond acceptors (Lipinski definition) is 3. The van der Waals surface area contributed by atoms with E-state index < -0.39 is 5.97 Å². The third kappa shape index (κ3) is 4.99. The van der Waals surface area contributed by atoms with Crippen LogP contribution in [0.3, 0.4) is 0 Å². The minimum Gasteiger partial charge on any atom is -0.481 e. The van der Waals surface area contributed by atoms with Crippen LogP contribution in [0.5, 0.6) is 0 Å². The molecule has 104 valence electrons. The summed E-state index contributed by atoms with van der Waals surface area (Å²) >= 11 is 0. The van der Waals surface area contributed by atoms with E-state index in [4.69, 9.17) is 10.8 Å². The molecule has 0 aliphatic heterocycles. The van der Waals surface area contributed by atoms with E-state index in [1.54, 1.807) is 12.1 Å². The van der Waals surface area contributed by atoms with Crippen molar-refractivity contribution in [1.29, 1.82) is 0 Å². The maximum atomic E-state index is 12.0. The Morgan fingerprint density at radius 3 is 2.74 bits per heavy atom. The van der Waals surface area contributed by atoms with Crippen LogP contribution in [-0.2, 0) is 4.79 Å². The van der Waals surface area contributed by atoms with Crippen LogP contribution in [-0.4, -0.2) is 23.5 Å². The molecule has 0 spiro atoms. The van der Waals surface area contributed by atoms with Crippen LogP contribution in [0.2, 0.25) is 0 Å². The summed E-state index contributed by atoms with van der Waals surface area (Å²) in [6, 6.07) is 5.30. The number of anilines is 1. The molecular formula is C14H20N2O3. The molecule has 0 saturated heterocycles. The number of nitrogens with one attached hydrogen (secondary N) is 1. The van der Waals surface area contributed by atoms with Crippen molar-refractivity contribution >= 4 is 17.6 Å². The number of nitrogens with two attached hydrogens (primary N) is 1. The fourth-order valence-electron chi connectivity index (χ4n) is 1.70. The Hall–Kier alpha value is -2.04. The van der Waals surface area contributed by atoms with Crippen LogP contribution in [0.15, 0.2) is 18.2 Å². The summed E-state index contributed by atoms with van der Waals surface area (Å²) < 4.78 is 0. The summed E-state index contributed by atoms with van der Waals surface area (Å²) in [5, 5.41) is 11.4. The van der Waals surface area contributed by atoms with Gasteiger partial charge in [-0.25, -0.2) is 0 Å². The van der Waals surface area contributed by atoms with Crippen molar-refractivity contribution in [3.05, 3.63) is 29.3 Å². The van der Waals surface area contributed by atoms with Gasteiger partial charge in [0.1, 0.15) is 0 Å². The lowest BCUT2D eigenvalue weighted by Crippen LogP contribution is -2.29. The number of amides is 1. The van der Waals surface area contributed by atoms with Gasteiger partial charge in [-0.1, -0.05) is 18.6 Å². The van der Waals surface area contributed by atoms with Crippen LogP contribution in [0.4, 0.5) is 5.69 Å². The average Bonchev–Trinajstić information content (AvgIpc) is 2.36. The number of carbonyl (C=O) groups excluding carboxylic acids is 1. The topological polar surface area (TPSA) is 92.4 Å². The molecule has 0 saturated carbocycles. The second-order valence-corrected chi connectivity index (χ2v) is 4.84. The molecule has 4 N–H and O–H groups in total. The Kier molecular flexibility index (Phi) is 5.36. The van der Waals surface area contributed by atoms with E-state index in [0.717, 1.165) is 5.56 Å². The molecule has 0 radical (unpaired) electrons. The maximum Gasteiger partial charge on any atom is 0.303 e. The Labute approximate surface area is 112 Å². The second-order valence-electron chi connectivity index (χ2n) is 4.84. The predicted molar refractivity (Wildman–Crippen MR) is 74.0 cm³/mol. The van der Waals surface area contributed by atoms with E-state index in [1.807, 2.05) is 19.9 Å². The minimum absolute atomic E-state index is 0.115. The molecule has 0 bridgehead atoms. The van der Waals surface area contributed by atoms with Gasteiger partial charge in [0.25, 0.3) is 5.91 Å². The summed E-state index contributed by atoms with van der Waals surface area (Å²) in [4.78, 5) is 22.4. The molecule has 1 amide bonds. The Morgan fingerprint density at radius 1 is 1.42 bits per heavy atom. The largest absolute Gasteiger partial charge is 0.481 e. The first kappa shape index (κ1) is 15.0. The lowest BCUT2D eigenvalue weighted by atomic mass is 10.0. The van der Waals surface area contributed by atoms with Gasteiger partial charge in [0.15, 0.2) is 0 Å². The summed E-state index contributed by atoms with van der Waals surface area (Å²) in [5.74, 6) is -0.921. The lowest BCUT2D eigenvalue weighted by Gasteiger charge is -2.12. The molecular weight excluding hydrogens is 244 g/mol. The minimum atomic E-state index is -0.818. The molecule has 1 atom stereocenters. The standard InChI is InChI=1S/C14H20N2O3/c1-9-3-5-12(15)11(7-9)14(19)16-8-10(2)4-6-13(17)18/h3,5,7,10H,4,6,8,15H2,1-2H3,(H,16,19)(H,17,18). The molecule has 5 nitrogen and oxygen atoms in total. The Bertz CT molecular complexity index is 472. The van der Waals surface area contributed by atoms with Crippen LogP contribution in [0.25, 0.3) is 0 Å². The zero-order valence-electron chi connectivity index (χ0n) is 11.3. The molecule has 0 fully saturated rings. The van der Waals surface area contributed by atoms with Gasteiger partial charge in [-0.3, -0.25) is 9.59 Å². The van der Waals surface area contributed by atoms with Crippen molar-refractivity contribution in [2.24, 2.45) is 5.92 Å². The van der Waals surface area contributed by atoms with Gasteiger partial charge in [-0.15, -0.1) is 0 Å². The normalized spacial score (nSPS) is 11.9. The highest BCUT2D eigenvalue weighted by Gasteiger charge is 2.11. The molecule has 1 aromatic rings. The van der Waals surface area contributed by atoms with E-state index in [1.165, 1.54) is 0 Å². The Balaban J connectivity index is 2.51. The molecule has 1 unspecified atom stereocenters. The number of hydrogen-bond donors (Lipinski definition) is 3. The third-order valence-electron chi connectivity index (χ3n) is 2.92. The lowest BCUT2D eigenvalue weighted by molar-refractivity contribution is -0.137. The quantitative estimate of drug-likeness (QED) is 0.683. The van der Waals surface area contributed by atoms with E-state index in [2.05, 4.69) is 5.32 Å². The van der Waals surface area contributed by atoms with E-state index in [-0.39, 0.29) is 18.2 Å². The summed E-state index contributed by atoms with van der Waals surface area (Å²) in [6.07, 6.45) is 0.655. The number of rotatable bonds is 6. The fourth-order valence-corrected chi connectivity index (χ4v) is 1.70. The number of benzene rings is 1. The fraction of sp³-hybridized carbons (Fsp3) is 0.429. The SMILES string of the molecule is Cc1ccc(N)c(C(=O)NCC(C)CCC(=O)O)c1. The van der Waals surface area contributed by atoms with Crippen LogP contribution >= 0.6 is 0 Å². The Morgan fingerprint density at radius 2 is 2.11 bits per heavy atom. The zero-order valence-corrected chi connectivity index (χ0v) is 11.3. The van der Waals surface area contributed by atoms with Crippen molar-refractivity contribution in [1.82, 2.24) is 5.32 Å². The number of aryl methyl sites for hydroxylation is 1. The van der Waals surface area contributed by atoms with Crippen molar-refractivity contribution in [2.75, 3.05) is 12.3 Å². The molecule has 0 aromatic heterocycles. The van der Waals surface area contributed by atoms with Gasteiger partial charge in [0, 0.05) is 18.7 Å². The monoisotopic (exact) mass is 264 g/mol. The molecule has 5 heteroatoms. The number of nitrogen functional groups attached to an aromatic ring is 1. The molecule has 0 heterocycles. The third-order valence-corrected chi connectivity index (χ3v) is 2.92.